The van der Waals surface area contributed by atoms with Crippen LogP contribution >= 0.6 is 0 Å². The van der Waals surface area contributed by atoms with E-state index in [4.69, 9.17) is 0 Å². The quantitative estimate of drug-likeness (QED) is 0.396. The highest BCUT2D eigenvalue weighted by Gasteiger charge is 2.16. The van der Waals surface area contributed by atoms with Crippen LogP contribution in [0.4, 0.5) is 5.69 Å². The second-order valence-corrected chi connectivity index (χ2v) is 2.63. The average molecular weight is 199 g/mol. The summed E-state index contributed by atoms with van der Waals surface area (Å²) in [7, 11) is 1.24. The molecule has 0 aromatic carbocycles. The summed E-state index contributed by atoms with van der Waals surface area (Å²) >= 11 is 0. The monoisotopic (exact) mass is 199 g/mol. The minimum atomic E-state index is -0.546. The van der Waals surface area contributed by atoms with Gasteiger partial charge in [-0.05, 0) is 6.92 Å². The van der Waals surface area contributed by atoms with Crippen molar-refractivity contribution in [3.8, 4) is 0 Å². The molecule has 1 aromatic heterocycles. The maximum atomic E-state index is 10.8. The number of methoxy groups -OCH3 is 1. The Hall–Kier alpha value is -1.92. The minimum absolute atomic E-state index is 0.103. The number of carbonyl (C=O) groups is 1. The van der Waals surface area contributed by atoms with Crippen molar-refractivity contribution >= 4 is 11.7 Å². The zero-order chi connectivity index (χ0) is 10.7. The summed E-state index contributed by atoms with van der Waals surface area (Å²) in [5.74, 6) is -0.498. The van der Waals surface area contributed by atoms with Gasteiger partial charge in [0.25, 0.3) is 0 Å². The molecule has 1 aromatic rings. The first-order chi connectivity index (χ1) is 6.54. The number of aromatic nitrogens is 2. The van der Waals surface area contributed by atoms with Gasteiger partial charge in [-0.1, -0.05) is 0 Å². The number of hydrogen-bond acceptors (Lipinski definition) is 5. The van der Waals surface area contributed by atoms with Gasteiger partial charge in [-0.15, -0.1) is 0 Å². The Labute approximate surface area is 79.4 Å². The maximum Gasteiger partial charge on any atom is 0.327 e. The van der Waals surface area contributed by atoms with Crippen LogP contribution in [0.25, 0.3) is 0 Å². The Morgan fingerprint density at radius 3 is 2.86 bits per heavy atom. The lowest BCUT2D eigenvalue weighted by Gasteiger charge is -1.97. The van der Waals surface area contributed by atoms with Gasteiger partial charge in [0.05, 0.1) is 12.0 Å². The Bertz CT molecular complexity index is 371. The summed E-state index contributed by atoms with van der Waals surface area (Å²) in [5, 5.41) is 14.2. The van der Waals surface area contributed by atoms with Crippen molar-refractivity contribution in [1.82, 2.24) is 9.78 Å². The van der Waals surface area contributed by atoms with E-state index in [0.29, 0.717) is 0 Å². The second-order valence-electron chi connectivity index (χ2n) is 2.63. The zero-order valence-corrected chi connectivity index (χ0v) is 7.76. The van der Waals surface area contributed by atoms with E-state index in [-0.39, 0.29) is 17.9 Å². The summed E-state index contributed by atoms with van der Waals surface area (Å²) in [5.41, 5.74) is 0.174. The number of esters is 1. The molecule has 0 saturated carbocycles. The molecule has 14 heavy (non-hydrogen) atoms. The van der Waals surface area contributed by atoms with E-state index in [9.17, 15) is 14.9 Å². The van der Waals surface area contributed by atoms with E-state index < -0.39 is 10.9 Å². The van der Waals surface area contributed by atoms with Crippen LogP contribution < -0.4 is 0 Å². The highest BCUT2D eigenvalue weighted by atomic mass is 16.6. The second kappa shape index (κ2) is 3.86. The zero-order valence-electron chi connectivity index (χ0n) is 7.76. The van der Waals surface area contributed by atoms with Crippen molar-refractivity contribution in [3.05, 3.63) is 22.0 Å². The number of nitro groups is 1. The SMILES string of the molecule is COC(=O)Cn1cc([N+](=O)[O-])c(C)n1. The van der Waals surface area contributed by atoms with Gasteiger partial charge in [0, 0.05) is 0 Å². The van der Waals surface area contributed by atoms with Crippen molar-refractivity contribution in [2.24, 2.45) is 0 Å². The summed E-state index contributed by atoms with van der Waals surface area (Å²) in [4.78, 5) is 20.7. The normalized spacial score (nSPS) is 9.86. The molecule has 0 aliphatic heterocycles. The molecule has 0 atom stereocenters. The van der Waals surface area contributed by atoms with Gasteiger partial charge >= 0.3 is 11.7 Å². The number of ether oxygens (including phenoxy) is 1. The standard InChI is InChI=1S/C7H9N3O4/c1-5-6(10(12)13)3-9(8-5)4-7(11)14-2/h3H,4H2,1-2H3. The lowest BCUT2D eigenvalue weighted by molar-refractivity contribution is -0.385. The van der Waals surface area contributed by atoms with E-state index in [1.54, 1.807) is 0 Å². The first kappa shape index (κ1) is 10.2. The van der Waals surface area contributed by atoms with Gasteiger partial charge in [-0.3, -0.25) is 19.6 Å². The summed E-state index contributed by atoms with van der Waals surface area (Å²) < 4.78 is 5.57. The molecular weight excluding hydrogens is 190 g/mol. The number of carbonyl (C=O) groups excluding carboxylic acids is 1. The lowest BCUT2D eigenvalue weighted by Crippen LogP contribution is -2.11. The van der Waals surface area contributed by atoms with Crippen LogP contribution in [0.3, 0.4) is 0 Å². The molecule has 7 nitrogen and oxygen atoms in total. The number of hydrogen-bond donors (Lipinski definition) is 0. The molecule has 76 valence electrons. The molecule has 0 radical (unpaired) electrons. The fraction of sp³-hybridized carbons (Fsp3) is 0.429. The molecule has 0 unspecified atom stereocenters. The molecule has 0 N–H and O–H groups in total. The first-order valence-electron chi connectivity index (χ1n) is 3.80. The van der Waals surface area contributed by atoms with Gasteiger partial charge in [0.2, 0.25) is 0 Å². The van der Waals surface area contributed by atoms with Crippen molar-refractivity contribution < 1.29 is 14.5 Å². The summed E-state index contributed by atoms with van der Waals surface area (Å²) in [6.45, 7) is 1.39. The number of rotatable bonds is 3. The topological polar surface area (TPSA) is 87.3 Å². The first-order valence-corrected chi connectivity index (χ1v) is 3.80. The van der Waals surface area contributed by atoms with Gasteiger partial charge < -0.3 is 4.74 Å². The largest absolute Gasteiger partial charge is 0.468 e. The molecular formula is C7H9N3O4. The Morgan fingerprint density at radius 2 is 2.43 bits per heavy atom. The molecule has 0 spiro atoms. The van der Waals surface area contributed by atoms with Crippen LogP contribution in [-0.4, -0.2) is 27.8 Å². The van der Waals surface area contributed by atoms with Crippen LogP contribution in [0.15, 0.2) is 6.20 Å². The molecule has 0 saturated heterocycles. The highest BCUT2D eigenvalue weighted by Crippen LogP contribution is 2.14. The Morgan fingerprint density at radius 1 is 1.79 bits per heavy atom. The highest BCUT2D eigenvalue weighted by molar-refractivity contribution is 5.68. The number of nitrogens with zero attached hydrogens (tertiary/aromatic N) is 3. The average Bonchev–Trinajstić information content (AvgIpc) is 2.46. The molecule has 0 fully saturated rings. The third kappa shape index (κ3) is 2.06. The summed E-state index contributed by atoms with van der Waals surface area (Å²) in [6, 6.07) is 0. The Balaban J connectivity index is 2.86. The van der Waals surface area contributed by atoms with Crippen LogP contribution in [0.5, 0.6) is 0 Å². The van der Waals surface area contributed by atoms with E-state index in [1.807, 2.05) is 0 Å². The van der Waals surface area contributed by atoms with Crippen molar-refractivity contribution in [2.75, 3.05) is 7.11 Å². The summed E-state index contributed by atoms with van der Waals surface area (Å²) in [6.07, 6.45) is 1.20. The molecule has 0 bridgehead atoms. The van der Waals surface area contributed by atoms with E-state index in [2.05, 4.69) is 9.84 Å². The predicted octanol–water partition coefficient (Wildman–Crippen LogP) is 0.273. The fourth-order valence-corrected chi connectivity index (χ4v) is 0.964. The molecule has 1 rings (SSSR count). The molecule has 1 heterocycles. The van der Waals surface area contributed by atoms with Gasteiger partial charge in [-0.25, -0.2) is 0 Å². The molecule has 0 aliphatic carbocycles. The van der Waals surface area contributed by atoms with Crippen molar-refractivity contribution in [1.29, 1.82) is 0 Å². The predicted molar refractivity (Wildman–Crippen MR) is 45.6 cm³/mol. The number of aryl methyl sites for hydroxylation is 1. The van der Waals surface area contributed by atoms with Gasteiger partial charge in [0.1, 0.15) is 18.4 Å². The van der Waals surface area contributed by atoms with Crippen LogP contribution in [0.2, 0.25) is 0 Å². The minimum Gasteiger partial charge on any atom is -0.468 e. The van der Waals surface area contributed by atoms with Crippen LogP contribution in [0, 0.1) is 17.0 Å². The van der Waals surface area contributed by atoms with Crippen LogP contribution in [0.1, 0.15) is 5.69 Å². The smallest absolute Gasteiger partial charge is 0.327 e. The van der Waals surface area contributed by atoms with Gasteiger partial charge in [-0.2, -0.15) is 5.10 Å². The molecule has 0 amide bonds. The van der Waals surface area contributed by atoms with Crippen LogP contribution in [-0.2, 0) is 16.1 Å². The van der Waals surface area contributed by atoms with Crippen molar-refractivity contribution in [3.63, 3.8) is 0 Å². The van der Waals surface area contributed by atoms with E-state index in [1.165, 1.54) is 24.9 Å². The van der Waals surface area contributed by atoms with Gasteiger partial charge in [0.15, 0.2) is 0 Å². The third-order valence-electron chi connectivity index (χ3n) is 1.64. The van der Waals surface area contributed by atoms with E-state index >= 15 is 0 Å². The maximum absolute atomic E-state index is 10.8. The Kier molecular flexibility index (Phi) is 2.80. The van der Waals surface area contributed by atoms with E-state index in [0.717, 1.165) is 0 Å². The fourth-order valence-electron chi connectivity index (χ4n) is 0.964. The van der Waals surface area contributed by atoms with Crippen molar-refractivity contribution in [2.45, 2.75) is 13.5 Å². The molecule has 7 heteroatoms. The lowest BCUT2D eigenvalue weighted by atomic mass is 10.4. The third-order valence-corrected chi connectivity index (χ3v) is 1.64. The molecule has 0 aliphatic rings.